The Morgan fingerprint density at radius 3 is 2.09 bits per heavy atom. The lowest BCUT2D eigenvalue weighted by Gasteiger charge is -2.04. The van der Waals surface area contributed by atoms with Crippen LogP contribution in [0.5, 0.6) is 0 Å². The van der Waals surface area contributed by atoms with Gasteiger partial charge in [-0.15, -0.1) is 13.2 Å². The van der Waals surface area contributed by atoms with Crippen LogP contribution in [-0.2, 0) is 0 Å². The number of hydrogen-bond acceptors (Lipinski definition) is 0. The van der Waals surface area contributed by atoms with Crippen LogP contribution in [0.3, 0.4) is 0 Å². The smallest absolute Gasteiger partial charge is 0.00589 e. The number of allylic oxidation sites excluding steroid dienone is 2. The molecule has 0 aromatic carbocycles. The average molecular weight is 156 g/mol. The Labute approximate surface area is 70.1 Å². The molecule has 0 fully saturated rings. The van der Waals surface area contributed by atoms with Crippen LogP contribution < -0.4 is 0 Å². The van der Waals surface area contributed by atoms with E-state index in [4.69, 9.17) is 0 Å². The maximum absolute atomic E-state index is 3.74. The van der Waals surface area contributed by atoms with Crippen LogP contribution in [-0.4, -0.2) is 5.48 Å². The molecule has 0 bridgehead atoms. The summed E-state index contributed by atoms with van der Waals surface area (Å²) in [7, 11) is 0. The molecule has 0 radical (unpaired) electrons. The monoisotopic (exact) mass is 156 g/mol. The number of hydrogen-bond donors (Lipinski definition) is 0. The van der Waals surface area contributed by atoms with E-state index < -0.39 is 0 Å². The minimum atomic E-state index is 0. The van der Waals surface area contributed by atoms with Crippen molar-refractivity contribution in [1.82, 2.24) is 0 Å². The Hall–Kier alpha value is -0.560. The van der Waals surface area contributed by atoms with Crippen LogP contribution in [0.25, 0.3) is 0 Å². The summed E-state index contributed by atoms with van der Waals surface area (Å²) in [6.07, 6.45) is 9.10. The van der Waals surface area contributed by atoms with Crippen LogP contribution in [0.15, 0.2) is 25.3 Å². The Morgan fingerprint density at radius 2 is 1.73 bits per heavy atom. The van der Waals surface area contributed by atoms with E-state index in [1.54, 1.807) is 0 Å². The van der Waals surface area contributed by atoms with E-state index in [1.165, 1.54) is 25.7 Å². The van der Waals surface area contributed by atoms with E-state index in [0.717, 1.165) is 0 Å². The normalized spacial score (nSPS) is 8.91. The molecule has 0 spiro atoms. The van der Waals surface area contributed by atoms with Gasteiger partial charge in [-0.05, 0) is 12.3 Å². The molecule has 0 atom stereocenters. The van der Waals surface area contributed by atoms with Crippen molar-refractivity contribution in [3.05, 3.63) is 25.3 Å². The first kappa shape index (κ1) is 13.1. The van der Waals surface area contributed by atoms with Crippen molar-refractivity contribution < 1.29 is 5.48 Å². The zero-order chi connectivity index (χ0) is 7.82. The lowest BCUT2D eigenvalue weighted by molar-refractivity contribution is 0.612. The second-order valence-corrected chi connectivity index (χ2v) is 2.63. The van der Waals surface area contributed by atoms with Gasteiger partial charge in [-0.3, -0.25) is 0 Å². The Bertz CT molecular complexity index is 89.0. The first-order valence-corrected chi connectivity index (χ1v) is 4.10. The van der Waals surface area contributed by atoms with Crippen LogP contribution in [0.1, 0.15) is 32.6 Å². The molecular weight excluding hydrogens is 136 g/mol. The van der Waals surface area contributed by atoms with Crippen molar-refractivity contribution in [3.8, 4) is 0 Å². The van der Waals surface area contributed by atoms with Gasteiger partial charge in [0.25, 0.3) is 0 Å². The summed E-state index contributed by atoms with van der Waals surface area (Å²) in [5, 5.41) is 0. The standard InChI is InChI=1S/C10H18.H2O/c1-4-7-8-9-10(5-2)6-3;/h5-6,10H,2-4,7-9H2,1H3;1H2. The molecule has 0 aliphatic rings. The SMILES string of the molecule is C=CC(C=C)CCCCC.O. The fourth-order valence-electron chi connectivity index (χ4n) is 0.962. The third kappa shape index (κ3) is 7.34. The predicted octanol–water partition coefficient (Wildman–Crippen LogP) is 2.73. The van der Waals surface area contributed by atoms with Gasteiger partial charge in [0.1, 0.15) is 0 Å². The van der Waals surface area contributed by atoms with Gasteiger partial charge >= 0.3 is 0 Å². The van der Waals surface area contributed by atoms with Gasteiger partial charge in [0.15, 0.2) is 0 Å². The van der Waals surface area contributed by atoms with Crippen LogP contribution in [0.4, 0.5) is 0 Å². The fourth-order valence-corrected chi connectivity index (χ4v) is 0.962. The van der Waals surface area contributed by atoms with Crippen molar-refractivity contribution >= 4 is 0 Å². The Balaban J connectivity index is 0. The highest BCUT2D eigenvalue weighted by Crippen LogP contribution is 2.10. The van der Waals surface area contributed by atoms with Gasteiger partial charge in [0, 0.05) is 0 Å². The van der Waals surface area contributed by atoms with Gasteiger partial charge < -0.3 is 5.48 Å². The van der Waals surface area contributed by atoms with Gasteiger partial charge in [-0.2, -0.15) is 0 Å². The quantitative estimate of drug-likeness (QED) is 0.418. The van der Waals surface area contributed by atoms with Crippen molar-refractivity contribution in [1.29, 1.82) is 0 Å². The number of rotatable bonds is 6. The topological polar surface area (TPSA) is 31.5 Å². The zero-order valence-corrected chi connectivity index (χ0v) is 7.47. The molecule has 0 saturated heterocycles. The van der Waals surface area contributed by atoms with E-state index in [-0.39, 0.29) is 5.48 Å². The van der Waals surface area contributed by atoms with Crippen LogP contribution >= 0.6 is 0 Å². The summed E-state index contributed by atoms with van der Waals surface area (Å²) in [5.74, 6) is 0.534. The molecule has 66 valence electrons. The van der Waals surface area contributed by atoms with Crippen molar-refractivity contribution in [2.24, 2.45) is 5.92 Å². The maximum atomic E-state index is 3.74. The molecule has 0 amide bonds. The van der Waals surface area contributed by atoms with Gasteiger partial charge in [-0.1, -0.05) is 38.3 Å². The van der Waals surface area contributed by atoms with E-state index >= 15 is 0 Å². The summed E-state index contributed by atoms with van der Waals surface area (Å²) in [6.45, 7) is 9.70. The summed E-state index contributed by atoms with van der Waals surface area (Å²) in [6, 6.07) is 0. The summed E-state index contributed by atoms with van der Waals surface area (Å²) in [4.78, 5) is 0. The maximum Gasteiger partial charge on any atom is -0.00589 e. The molecular formula is C10H20O. The van der Waals surface area contributed by atoms with E-state index in [9.17, 15) is 0 Å². The molecule has 0 heterocycles. The fraction of sp³-hybridized carbons (Fsp3) is 0.600. The van der Waals surface area contributed by atoms with E-state index in [0.29, 0.717) is 5.92 Å². The third-order valence-electron chi connectivity index (χ3n) is 1.75. The van der Waals surface area contributed by atoms with Crippen LogP contribution in [0.2, 0.25) is 0 Å². The van der Waals surface area contributed by atoms with Gasteiger partial charge in [-0.25, -0.2) is 0 Å². The summed E-state index contributed by atoms with van der Waals surface area (Å²) in [5.41, 5.74) is 0. The van der Waals surface area contributed by atoms with Crippen LogP contribution in [0, 0.1) is 5.92 Å². The van der Waals surface area contributed by atoms with Gasteiger partial charge in [0.05, 0.1) is 0 Å². The summed E-state index contributed by atoms with van der Waals surface area (Å²) >= 11 is 0. The summed E-state index contributed by atoms with van der Waals surface area (Å²) < 4.78 is 0. The molecule has 0 aromatic rings. The highest BCUT2D eigenvalue weighted by molar-refractivity contribution is 4.91. The third-order valence-corrected chi connectivity index (χ3v) is 1.75. The van der Waals surface area contributed by atoms with Crippen molar-refractivity contribution in [3.63, 3.8) is 0 Å². The highest BCUT2D eigenvalue weighted by atomic mass is 16.0. The zero-order valence-electron chi connectivity index (χ0n) is 7.47. The van der Waals surface area contributed by atoms with Gasteiger partial charge in [0.2, 0.25) is 0 Å². The molecule has 2 N–H and O–H groups in total. The average Bonchev–Trinajstić information content (AvgIpc) is 1.99. The van der Waals surface area contributed by atoms with E-state index in [2.05, 4.69) is 20.1 Å². The molecule has 0 saturated carbocycles. The minimum Gasteiger partial charge on any atom is -0.412 e. The minimum absolute atomic E-state index is 0. The predicted molar refractivity (Wildman–Crippen MR) is 51.6 cm³/mol. The lowest BCUT2D eigenvalue weighted by Crippen LogP contribution is -1.89. The molecule has 0 aliphatic heterocycles. The molecule has 0 aliphatic carbocycles. The molecule has 1 heteroatoms. The largest absolute Gasteiger partial charge is 0.412 e. The number of unbranched alkanes of at least 4 members (excludes halogenated alkanes) is 2. The first-order valence-electron chi connectivity index (χ1n) is 4.10. The van der Waals surface area contributed by atoms with E-state index in [1.807, 2.05) is 12.2 Å². The first-order chi connectivity index (χ1) is 4.85. The molecule has 11 heavy (non-hydrogen) atoms. The lowest BCUT2D eigenvalue weighted by atomic mass is 10.0. The highest BCUT2D eigenvalue weighted by Gasteiger charge is 1.95. The molecule has 0 unspecified atom stereocenters. The van der Waals surface area contributed by atoms with Crippen molar-refractivity contribution in [2.75, 3.05) is 0 Å². The Kier molecular flexibility index (Phi) is 11.2. The molecule has 1 nitrogen and oxygen atoms in total. The van der Waals surface area contributed by atoms with Crippen molar-refractivity contribution in [2.45, 2.75) is 32.6 Å². The molecule has 0 rings (SSSR count). The Morgan fingerprint density at radius 1 is 1.18 bits per heavy atom. The second-order valence-electron chi connectivity index (χ2n) is 2.63. The molecule has 0 aromatic heterocycles. The second kappa shape index (κ2) is 9.44.